The van der Waals surface area contributed by atoms with E-state index >= 15 is 0 Å². The molecule has 0 aromatic heterocycles. The minimum atomic E-state index is -0.278. The highest BCUT2D eigenvalue weighted by Crippen LogP contribution is 2.08. The smallest absolute Gasteiger partial charge is 0.305 e. The van der Waals surface area contributed by atoms with E-state index in [-0.39, 0.29) is 11.5 Å². The molecule has 0 saturated heterocycles. The number of carbonyl (C=O) groups excluding carboxylic acids is 1. The van der Waals surface area contributed by atoms with Crippen molar-refractivity contribution >= 4 is 5.97 Å². The van der Waals surface area contributed by atoms with Gasteiger partial charge in [0.1, 0.15) is 0 Å². The van der Waals surface area contributed by atoms with Gasteiger partial charge in [-0.15, -0.1) is 0 Å². The number of hydrogen-bond acceptors (Lipinski definition) is 3. The predicted octanol–water partition coefficient (Wildman–Crippen LogP) is 3.02. The summed E-state index contributed by atoms with van der Waals surface area (Å²) in [6.07, 6.45) is 7.01. The molecule has 0 aliphatic carbocycles. The lowest BCUT2D eigenvalue weighted by Gasteiger charge is -2.17. The zero-order valence-electron chi connectivity index (χ0n) is 11.1. The maximum atomic E-state index is 11.3. The molecule has 0 aliphatic heterocycles. The molecule has 0 bridgehead atoms. The van der Waals surface area contributed by atoms with Crippen molar-refractivity contribution in [3.05, 3.63) is 0 Å². The van der Waals surface area contributed by atoms with E-state index in [1.165, 1.54) is 19.3 Å². The molecule has 96 valence electrons. The monoisotopic (exact) mass is 229 g/mol. The highest BCUT2D eigenvalue weighted by molar-refractivity contribution is 5.69. The lowest BCUT2D eigenvalue weighted by atomic mass is 10.0. The van der Waals surface area contributed by atoms with Gasteiger partial charge in [0, 0.05) is 12.0 Å². The highest BCUT2D eigenvalue weighted by Gasteiger charge is 2.13. The molecule has 0 aromatic carbocycles. The average molecular weight is 229 g/mol. The number of unbranched alkanes of at least 4 members (excludes halogenated alkanes) is 4. The van der Waals surface area contributed by atoms with E-state index in [4.69, 9.17) is 10.5 Å². The second kappa shape index (κ2) is 8.57. The third-order valence-electron chi connectivity index (χ3n) is 2.48. The maximum Gasteiger partial charge on any atom is 0.305 e. The maximum absolute atomic E-state index is 11.3. The van der Waals surface area contributed by atoms with E-state index in [1.807, 2.05) is 13.8 Å². The van der Waals surface area contributed by atoms with E-state index in [0.717, 1.165) is 12.8 Å². The third-order valence-corrected chi connectivity index (χ3v) is 2.48. The van der Waals surface area contributed by atoms with Crippen LogP contribution in [-0.2, 0) is 9.53 Å². The molecule has 0 amide bonds. The average Bonchev–Trinajstić information content (AvgIpc) is 2.19. The fourth-order valence-corrected chi connectivity index (χ4v) is 1.39. The Morgan fingerprint density at radius 1 is 1.19 bits per heavy atom. The molecule has 0 unspecified atom stereocenters. The van der Waals surface area contributed by atoms with Gasteiger partial charge in [0.2, 0.25) is 0 Å². The molecule has 0 atom stereocenters. The summed E-state index contributed by atoms with van der Waals surface area (Å²) in [5.74, 6) is -0.117. The molecule has 0 radical (unpaired) electrons. The van der Waals surface area contributed by atoms with Gasteiger partial charge in [0.05, 0.1) is 6.61 Å². The third kappa shape index (κ3) is 11.5. The lowest BCUT2D eigenvalue weighted by Crippen LogP contribution is -2.32. The van der Waals surface area contributed by atoms with Gasteiger partial charge in [-0.05, 0) is 26.7 Å². The summed E-state index contributed by atoms with van der Waals surface area (Å²) < 4.78 is 5.12. The normalized spacial score (nSPS) is 11.5. The molecule has 0 saturated carbocycles. The van der Waals surface area contributed by atoms with E-state index in [0.29, 0.717) is 19.4 Å². The molecule has 2 N–H and O–H groups in total. The Balaban J connectivity index is 3.31. The molecule has 0 heterocycles. The first-order valence-electron chi connectivity index (χ1n) is 6.40. The summed E-state index contributed by atoms with van der Waals surface area (Å²) in [4.78, 5) is 11.3. The molecule has 0 aromatic rings. The number of ether oxygens (including phenoxy) is 1. The fourth-order valence-electron chi connectivity index (χ4n) is 1.39. The Hall–Kier alpha value is -0.570. The molecule has 0 rings (SSSR count). The van der Waals surface area contributed by atoms with Crippen LogP contribution in [0, 0.1) is 0 Å². The number of nitrogens with two attached hydrogens (primary N) is 1. The lowest BCUT2D eigenvalue weighted by molar-refractivity contribution is -0.144. The van der Waals surface area contributed by atoms with Crippen LogP contribution in [0.1, 0.15) is 65.7 Å². The van der Waals surface area contributed by atoms with Gasteiger partial charge in [0.15, 0.2) is 0 Å². The van der Waals surface area contributed by atoms with Crippen LogP contribution in [0.15, 0.2) is 0 Å². The van der Waals surface area contributed by atoms with Crippen molar-refractivity contribution in [3.63, 3.8) is 0 Å². The Morgan fingerprint density at radius 3 is 2.38 bits per heavy atom. The zero-order valence-corrected chi connectivity index (χ0v) is 11.1. The summed E-state index contributed by atoms with van der Waals surface area (Å²) in [6, 6.07) is 0. The van der Waals surface area contributed by atoms with Gasteiger partial charge in [-0.2, -0.15) is 0 Å². The Labute approximate surface area is 99.7 Å². The minimum Gasteiger partial charge on any atom is -0.466 e. The number of hydrogen-bond donors (Lipinski definition) is 1. The van der Waals surface area contributed by atoms with E-state index in [9.17, 15) is 4.79 Å². The van der Waals surface area contributed by atoms with E-state index < -0.39 is 0 Å². The van der Waals surface area contributed by atoms with Crippen LogP contribution in [0.2, 0.25) is 0 Å². The summed E-state index contributed by atoms with van der Waals surface area (Å²) >= 11 is 0. The van der Waals surface area contributed by atoms with Crippen molar-refractivity contribution in [2.24, 2.45) is 5.73 Å². The summed E-state index contributed by atoms with van der Waals surface area (Å²) in [5, 5.41) is 0. The van der Waals surface area contributed by atoms with Gasteiger partial charge in [-0.3, -0.25) is 4.79 Å². The number of esters is 1. The van der Waals surface area contributed by atoms with Gasteiger partial charge < -0.3 is 10.5 Å². The van der Waals surface area contributed by atoms with Crippen LogP contribution < -0.4 is 5.73 Å². The largest absolute Gasteiger partial charge is 0.466 e. The van der Waals surface area contributed by atoms with Crippen molar-refractivity contribution in [2.75, 3.05) is 6.61 Å². The molecule has 0 spiro atoms. The van der Waals surface area contributed by atoms with Crippen molar-refractivity contribution in [1.82, 2.24) is 0 Å². The van der Waals surface area contributed by atoms with E-state index in [1.54, 1.807) is 0 Å². The first-order chi connectivity index (χ1) is 7.45. The molecule has 16 heavy (non-hydrogen) atoms. The first-order valence-corrected chi connectivity index (χ1v) is 6.40. The molecular weight excluding hydrogens is 202 g/mol. The first kappa shape index (κ1) is 15.4. The zero-order chi connectivity index (χ0) is 12.4. The van der Waals surface area contributed by atoms with Crippen molar-refractivity contribution in [2.45, 2.75) is 71.3 Å². The molecule has 0 fully saturated rings. The van der Waals surface area contributed by atoms with Crippen LogP contribution >= 0.6 is 0 Å². The van der Waals surface area contributed by atoms with Crippen molar-refractivity contribution in [3.8, 4) is 0 Å². The fraction of sp³-hybridized carbons (Fsp3) is 0.923. The van der Waals surface area contributed by atoms with Crippen LogP contribution in [0.3, 0.4) is 0 Å². The molecule has 3 heteroatoms. The van der Waals surface area contributed by atoms with Crippen LogP contribution in [0.25, 0.3) is 0 Å². The van der Waals surface area contributed by atoms with Crippen LogP contribution in [-0.4, -0.2) is 18.1 Å². The SMILES string of the molecule is CCCCCCCOC(=O)CCC(C)(C)N. The Morgan fingerprint density at radius 2 is 1.81 bits per heavy atom. The van der Waals surface area contributed by atoms with E-state index in [2.05, 4.69) is 6.92 Å². The van der Waals surface area contributed by atoms with Gasteiger partial charge in [-0.1, -0.05) is 32.6 Å². The molecule has 3 nitrogen and oxygen atoms in total. The quantitative estimate of drug-likeness (QED) is 0.488. The predicted molar refractivity (Wildman–Crippen MR) is 67.2 cm³/mol. The second-order valence-electron chi connectivity index (χ2n) is 5.12. The second-order valence-corrected chi connectivity index (χ2v) is 5.12. The summed E-state index contributed by atoms with van der Waals surface area (Å²) in [7, 11) is 0. The molecule has 0 aliphatic rings. The topological polar surface area (TPSA) is 52.3 Å². The number of rotatable bonds is 9. The van der Waals surface area contributed by atoms with Crippen LogP contribution in [0.4, 0.5) is 0 Å². The summed E-state index contributed by atoms with van der Waals surface area (Å²) in [5.41, 5.74) is 5.51. The standard InChI is InChI=1S/C13H27NO2/c1-4-5-6-7-8-11-16-12(15)9-10-13(2,3)14/h4-11,14H2,1-3H3. The Bertz CT molecular complexity index is 185. The van der Waals surface area contributed by atoms with Gasteiger partial charge in [-0.25, -0.2) is 0 Å². The number of carbonyl (C=O) groups is 1. The molecular formula is C13H27NO2. The van der Waals surface area contributed by atoms with Crippen molar-refractivity contribution < 1.29 is 9.53 Å². The van der Waals surface area contributed by atoms with Gasteiger partial charge >= 0.3 is 5.97 Å². The minimum absolute atomic E-state index is 0.117. The van der Waals surface area contributed by atoms with Crippen LogP contribution in [0.5, 0.6) is 0 Å². The Kier molecular flexibility index (Phi) is 8.26. The van der Waals surface area contributed by atoms with Crippen molar-refractivity contribution in [1.29, 1.82) is 0 Å². The highest BCUT2D eigenvalue weighted by atomic mass is 16.5. The van der Waals surface area contributed by atoms with Gasteiger partial charge in [0.25, 0.3) is 0 Å². The summed E-state index contributed by atoms with van der Waals surface area (Å²) in [6.45, 7) is 6.60.